The molecule has 0 saturated carbocycles. The summed E-state index contributed by atoms with van der Waals surface area (Å²) < 4.78 is 0. The molecule has 0 unspecified atom stereocenters. The number of rotatable bonds is 5. The van der Waals surface area contributed by atoms with Gasteiger partial charge in [-0.3, -0.25) is 0 Å². The lowest BCUT2D eigenvalue weighted by Crippen LogP contribution is -2.06. The van der Waals surface area contributed by atoms with Crippen LogP contribution < -0.4 is 5.32 Å². The van der Waals surface area contributed by atoms with Crippen LogP contribution in [0.15, 0.2) is 12.2 Å². The topological polar surface area (TPSA) is 12.0 Å². The van der Waals surface area contributed by atoms with Crippen molar-refractivity contribution in [1.29, 1.82) is 0 Å². The van der Waals surface area contributed by atoms with Gasteiger partial charge in [0.2, 0.25) is 0 Å². The van der Waals surface area contributed by atoms with Crippen molar-refractivity contribution >= 4 is 0 Å². The summed E-state index contributed by atoms with van der Waals surface area (Å²) in [5, 5.41) is 3.12. The van der Waals surface area contributed by atoms with Crippen LogP contribution in [0.3, 0.4) is 0 Å². The summed E-state index contributed by atoms with van der Waals surface area (Å²) in [5.41, 5.74) is 0. The normalized spacial score (nSPS) is 10.9. The fourth-order valence-electron chi connectivity index (χ4n) is 0.731. The lowest BCUT2D eigenvalue weighted by Gasteiger charge is -1.94. The molecule has 0 radical (unpaired) electrons. The number of hydrogen-bond donors (Lipinski definition) is 1. The van der Waals surface area contributed by atoms with E-state index in [2.05, 4.69) is 24.4 Å². The highest BCUT2D eigenvalue weighted by Gasteiger charge is 1.81. The minimum atomic E-state index is 1.15. The van der Waals surface area contributed by atoms with E-state index in [0.29, 0.717) is 0 Å². The van der Waals surface area contributed by atoms with Gasteiger partial charge in [0, 0.05) is 0 Å². The molecule has 0 aliphatic heterocycles. The maximum absolute atomic E-state index is 3.12. The number of hydrogen-bond acceptors (Lipinski definition) is 1. The highest BCUT2D eigenvalue weighted by atomic mass is 14.8. The first kappa shape index (κ1) is 8.70. The van der Waals surface area contributed by atoms with Crippen molar-refractivity contribution in [2.24, 2.45) is 0 Å². The molecule has 0 aromatic carbocycles. The predicted molar refractivity (Wildman–Crippen MR) is 42.6 cm³/mol. The second-order valence-electron chi connectivity index (χ2n) is 2.17. The number of nitrogens with one attached hydrogen (secondary N) is 1. The Bertz CT molecular complexity index is 67.0. The molecule has 9 heavy (non-hydrogen) atoms. The van der Waals surface area contributed by atoms with E-state index in [0.717, 1.165) is 6.54 Å². The zero-order chi connectivity index (χ0) is 6.95. The molecule has 0 heterocycles. The Morgan fingerprint density at radius 2 is 2.11 bits per heavy atom. The quantitative estimate of drug-likeness (QED) is 0.439. The molecule has 0 aliphatic rings. The first-order chi connectivity index (χ1) is 4.41. The monoisotopic (exact) mass is 127 g/mol. The Balaban J connectivity index is 2.75. The molecule has 1 heteroatoms. The average molecular weight is 127 g/mol. The highest BCUT2D eigenvalue weighted by molar-refractivity contribution is 4.76. The second-order valence-corrected chi connectivity index (χ2v) is 2.17. The lowest BCUT2D eigenvalue weighted by molar-refractivity contribution is 0.684. The van der Waals surface area contributed by atoms with Crippen molar-refractivity contribution in [3.8, 4) is 0 Å². The average Bonchev–Trinajstić information content (AvgIpc) is 1.89. The maximum atomic E-state index is 3.12. The number of unbranched alkanes of at least 4 members (excludes halogenated alkanes) is 2. The SMILES string of the molecule is C/C=C\CCCCNC. The van der Waals surface area contributed by atoms with Gasteiger partial charge >= 0.3 is 0 Å². The molecule has 0 rings (SSSR count). The Kier molecular flexibility index (Phi) is 7.44. The Hall–Kier alpha value is -0.300. The molecule has 0 amide bonds. The van der Waals surface area contributed by atoms with Crippen LogP contribution >= 0.6 is 0 Å². The third kappa shape index (κ3) is 7.70. The fourth-order valence-corrected chi connectivity index (χ4v) is 0.731. The zero-order valence-electron chi connectivity index (χ0n) is 6.48. The van der Waals surface area contributed by atoms with E-state index in [1.54, 1.807) is 0 Å². The first-order valence-electron chi connectivity index (χ1n) is 3.67. The lowest BCUT2D eigenvalue weighted by atomic mass is 10.2. The second kappa shape index (κ2) is 7.70. The van der Waals surface area contributed by atoms with Crippen LogP contribution in [0.4, 0.5) is 0 Å². The highest BCUT2D eigenvalue weighted by Crippen LogP contribution is 1.94. The molecule has 0 aromatic rings. The van der Waals surface area contributed by atoms with E-state index in [9.17, 15) is 0 Å². The van der Waals surface area contributed by atoms with Gasteiger partial charge in [0.1, 0.15) is 0 Å². The minimum Gasteiger partial charge on any atom is -0.320 e. The maximum Gasteiger partial charge on any atom is -0.00518 e. The predicted octanol–water partition coefficient (Wildman–Crippen LogP) is 1.95. The molecule has 0 spiro atoms. The van der Waals surface area contributed by atoms with Crippen LogP contribution in [-0.2, 0) is 0 Å². The third-order valence-electron chi connectivity index (χ3n) is 1.28. The molecular formula is C8H17N. The van der Waals surface area contributed by atoms with Gasteiger partial charge < -0.3 is 5.32 Å². The van der Waals surface area contributed by atoms with Crippen LogP contribution in [0.25, 0.3) is 0 Å². The van der Waals surface area contributed by atoms with Gasteiger partial charge in [-0.25, -0.2) is 0 Å². The van der Waals surface area contributed by atoms with Gasteiger partial charge in [0.15, 0.2) is 0 Å². The summed E-state index contributed by atoms with van der Waals surface area (Å²) in [6.07, 6.45) is 8.17. The molecule has 0 fully saturated rings. The van der Waals surface area contributed by atoms with Crippen molar-refractivity contribution in [2.45, 2.75) is 26.2 Å². The van der Waals surface area contributed by atoms with Gasteiger partial charge in [-0.2, -0.15) is 0 Å². The molecule has 0 atom stereocenters. The van der Waals surface area contributed by atoms with Gasteiger partial charge in [-0.15, -0.1) is 0 Å². The Morgan fingerprint density at radius 1 is 1.33 bits per heavy atom. The summed E-state index contributed by atoms with van der Waals surface area (Å²) >= 11 is 0. The molecule has 1 nitrogen and oxygen atoms in total. The van der Waals surface area contributed by atoms with Gasteiger partial charge in [-0.05, 0) is 39.8 Å². The summed E-state index contributed by atoms with van der Waals surface area (Å²) in [4.78, 5) is 0. The molecule has 0 bridgehead atoms. The van der Waals surface area contributed by atoms with Crippen LogP contribution in [0.2, 0.25) is 0 Å². The van der Waals surface area contributed by atoms with Crippen LogP contribution in [0.5, 0.6) is 0 Å². The molecular weight excluding hydrogens is 110 g/mol. The van der Waals surface area contributed by atoms with Gasteiger partial charge in [0.25, 0.3) is 0 Å². The minimum absolute atomic E-state index is 1.15. The van der Waals surface area contributed by atoms with Crippen molar-refractivity contribution in [2.75, 3.05) is 13.6 Å². The number of allylic oxidation sites excluding steroid dienone is 2. The summed E-state index contributed by atoms with van der Waals surface area (Å²) in [6.45, 7) is 3.22. The van der Waals surface area contributed by atoms with E-state index < -0.39 is 0 Å². The summed E-state index contributed by atoms with van der Waals surface area (Å²) in [5.74, 6) is 0. The fraction of sp³-hybridized carbons (Fsp3) is 0.750. The summed E-state index contributed by atoms with van der Waals surface area (Å²) in [7, 11) is 2.00. The smallest absolute Gasteiger partial charge is 0.00518 e. The molecule has 0 saturated heterocycles. The molecule has 0 aromatic heterocycles. The summed E-state index contributed by atoms with van der Waals surface area (Å²) in [6, 6.07) is 0. The molecule has 54 valence electrons. The van der Waals surface area contributed by atoms with Crippen LogP contribution in [0, 0.1) is 0 Å². The molecule has 0 aliphatic carbocycles. The third-order valence-corrected chi connectivity index (χ3v) is 1.28. The zero-order valence-corrected chi connectivity index (χ0v) is 6.48. The van der Waals surface area contributed by atoms with E-state index in [1.165, 1.54) is 19.3 Å². The van der Waals surface area contributed by atoms with Crippen LogP contribution in [-0.4, -0.2) is 13.6 Å². The van der Waals surface area contributed by atoms with Crippen molar-refractivity contribution < 1.29 is 0 Å². The van der Waals surface area contributed by atoms with Crippen molar-refractivity contribution in [3.05, 3.63) is 12.2 Å². The van der Waals surface area contributed by atoms with Crippen molar-refractivity contribution in [3.63, 3.8) is 0 Å². The Morgan fingerprint density at radius 3 is 2.67 bits per heavy atom. The van der Waals surface area contributed by atoms with Gasteiger partial charge in [-0.1, -0.05) is 12.2 Å². The molecule has 1 N–H and O–H groups in total. The van der Waals surface area contributed by atoms with E-state index in [-0.39, 0.29) is 0 Å². The standard InChI is InChI=1S/C8H17N/c1-3-4-5-6-7-8-9-2/h3-4,9H,5-8H2,1-2H3/b4-3-. The van der Waals surface area contributed by atoms with E-state index in [4.69, 9.17) is 0 Å². The van der Waals surface area contributed by atoms with E-state index in [1.807, 2.05) is 7.05 Å². The van der Waals surface area contributed by atoms with E-state index >= 15 is 0 Å². The van der Waals surface area contributed by atoms with Gasteiger partial charge in [0.05, 0.1) is 0 Å². The first-order valence-corrected chi connectivity index (χ1v) is 3.67. The largest absolute Gasteiger partial charge is 0.320 e. The van der Waals surface area contributed by atoms with Crippen LogP contribution in [0.1, 0.15) is 26.2 Å². The van der Waals surface area contributed by atoms with Crippen molar-refractivity contribution in [1.82, 2.24) is 5.32 Å². The Labute approximate surface area is 58.2 Å².